The lowest BCUT2D eigenvalue weighted by Crippen LogP contribution is -2.46. The molecule has 1 aliphatic carbocycles. The van der Waals surface area contributed by atoms with Gasteiger partial charge in [-0.15, -0.1) is 10.2 Å². The molecular weight excluding hydrogens is 492 g/mol. The largest absolute Gasteiger partial charge is 0.411 e. The van der Waals surface area contributed by atoms with E-state index in [1.54, 1.807) is 0 Å². The molecule has 186 valence electrons. The molecule has 0 aliphatic heterocycles. The summed E-state index contributed by atoms with van der Waals surface area (Å²) in [6, 6.07) is 17.6. The molecule has 0 spiro atoms. The van der Waals surface area contributed by atoms with E-state index in [0.29, 0.717) is 28.0 Å². The summed E-state index contributed by atoms with van der Waals surface area (Å²) >= 11 is 7.35. The Labute approximate surface area is 220 Å². The fraction of sp³-hybridized carbons (Fsp3) is 0.357. The van der Waals surface area contributed by atoms with E-state index in [2.05, 4.69) is 29.4 Å². The van der Waals surface area contributed by atoms with Crippen LogP contribution in [-0.2, 0) is 4.79 Å². The van der Waals surface area contributed by atoms with Crippen LogP contribution in [0.25, 0.3) is 33.6 Å². The number of hydrogen-bond donors (Lipinski definition) is 1. The second-order valence-electron chi connectivity index (χ2n) is 9.59. The minimum absolute atomic E-state index is 0.00471. The lowest BCUT2D eigenvalue weighted by Gasteiger charge is -2.35. The van der Waals surface area contributed by atoms with Gasteiger partial charge in [-0.25, -0.2) is 4.98 Å². The summed E-state index contributed by atoms with van der Waals surface area (Å²) in [5.74, 6) is 1.50. The zero-order valence-corrected chi connectivity index (χ0v) is 22.1. The molecule has 4 aromatic rings. The first kappa shape index (κ1) is 24.8. The van der Waals surface area contributed by atoms with E-state index >= 15 is 0 Å². The number of rotatable bonds is 6. The van der Waals surface area contributed by atoms with Crippen LogP contribution in [0, 0.1) is 11.8 Å². The van der Waals surface area contributed by atoms with Crippen molar-refractivity contribution in [1.82, 2.24) is 20.5 Å². The minimum atomic E-state index is -0.346. The highest BCUT2D eigenvalue weighted by Gasteiger charge is 2.30. The summed E-state index contributed by atoms with van der Waals surface area (Å²) in [6.45, 7) is 6.37. The van der Waals surface area contributed by atoms with Crippen LogP contribution in [0.3, 0.4) is 0 Å². The average molecular weight is 521 g/mol. The Morgan fingerprint density at radius 3 is 2.69 bits per heavy atom. The number of halogens is 1. The predicted octanol–water partition coefficient (Wildman–Crippen LogP) is 7.03. The number of carbonyl (C=O) groups excluding carboxylic acids is 1. The van der Waals surface area contributed by atoms with Gasteiger partial charge in [-0.05, 0) is 49.4 Å². The van der Waals surface area contributed by atoms with Crippen LogP contribution in [0.5, 0.6) is 0 Å². The monoisotopic (exact) mass is 520 g/mol. The third kappa shape index (κ3) is 5.27. The molecule has 0 radical (unpaired) electrons. The van der Waals surface area contributed by atoms with E-state index in [4.69, 9.17) is 21.0 Å². The van der Waals surface area contributed by atoms with Gasteiger partial charge in [0.15, 0.2) is 0 Å². The van der Waals surface area contributed by atoms with Gasteiger partial charge in [0.1, 0.15) is 0 Å². The van der Waals surface area contributed by atoms with Gasteiger partial charge in [0.2, 0.25) is 11.8 Å². The molecule has 4 atom stereocenters. The average Bonchev–Trinajstić information content (AvgIpc) is 3.34. The van der Waals surface area contributed by atoms with E-state index in [0.717, 1.165) is 40.6 Å². The van der Waals surface area contributed by atoms with Crippen molar-refractivity contribution in [3.8, 4) is 22.7 Å². The number of nitrogens with one attached hydrogen (secondary N) is 1. The Bertz CT molecular complexity index is 1370. The fourth-order valence-electron chi connectivity index (χ4n) is 4.78. The number of pyridine rings is 1. The second kappa shape index (κ2) is 10.6. The minimum Gasteiger partial charge on any atom is -0.411 e. The molecule has 1 amide bonds. The van der Waals surface area contributed by atoms with E-state index in [-0.39, 0.29) is 17.2 Å². The Balaban J connectivity index is 1.37. The summed E-state index contributed by atoms with van der Waals surface area (Å²) in [6.07, 6.45) is 3.42. The van der Waals surface area contributed by atoms with Crippen LogP contribution in [0.4, 0.5) is 0 Å². The molecule has 0 bridgehead atoms. The Morgan fingerprint density at radius 1 is 1.11 bits per heavy atom. The number of aromatic nitrogens is 3. The van der Waals surface area contributed by atoms with Crippen LogP contribution in [0.1, 0.15) is 40.0 Å². The van der Waals surface area contributed by atoms with Crippen molar-refractivity contribution < 1.29 is 9.21 Å². The number of carbonyl (C=O) groups is 1. The SMILES string of the molecule is C[C@@H]1[C@H](C)CCC[C@@H]1NC(=O)[C@@H](C)Sc1nnc(-c2cc(-c3ccc(Cl)cc3)nc3ccccc23)o1. The van der Waals surface area contributed by atoms with E-state index < -0.39 is 0 Å². The second-order valence-corrected chi connectivity index (χ2v) is 11.3. The highest BCUT2D eigenvalue weighted by molar-refractivity contribution is 8.00. The number of nitrogens with zero attached hydrogens (tertiary/aromatic N) is 3. The van der Waals surface area contributed by atoms with Crippen LogP contribution in [0.15, 0.2) is 64.2 Å². The molecule has 1 saturated carbocycles. The van der Waals surface area contributed by atoms with Crippen molar-refractivity contribution in [2.75, 3.05) is 0 Å². The highest BCUT2D eigenvalue weighted by Crippen LogP contribution is 2.34. The summed E-state index contributed by atoms with van der Waals surface area (Å²) in [5, 5.41) is 13.4. The number of thioether (sulfide) groups is 1. The van der Waals surface area contributed by atoms with Gasteiger partial charge in [-0.3, -0.25) is 4.79 Å². The van der Waals surface area contributed by atoms with Crippen molar-refractivity contribution in [3.63, 3.8) is 0 Å². The van der Waals surface area contributed by atoms with Crippen molar-refractivity contribution in [2.24, 2.45) is 11.8 Å². The third-order valence-corrected chi connectivity index (χ3v) is 8.36. The number of hydrogen-bond acceptors (Lipinski definition) is 6. The topological polar surface area (TPSA) is 80.9 Å². The van der Waals surface area contributed by atoms with E-state index in [1.807, 2.05) is 61.5 Å². The van der Waals surface area contributed by atoms with Crippen LogP contribution in [-0.4, -0.2) is 32.4 Å². The van der Waals surface area contributed by atoms with Crippen LogP contribution in [0.2, 0.25) is 5.02 Å². The quantitative estimate of drug-likeness (QED) is 0.275. The molecule has 2 aromatic carbocycles. The number of benzene rings is 2. The molecular formula is C28H29ClN4O2S. The summed E-state index contributed by atoms with van der Waals surface area (Å²) in [7, 11) is 0. The van der Waals surface area contributed by atoms with Crippen molar-refractivity contribution >= 4 is 40.2 Å². The van der Waals surface area contributed by atoms with Crippen molar-refractivity contribution in [2.45, 2.75) is 56.5 Å². The standard InChI is InChI=1S/C28H29ClN4O2S/c1-16-7-6-10-23(17(16)2)31-26(34)18(3)36-28-33-32-27(35-28)22-15-25(19-11-13-20(29)14-12-19)30-24-9-5-4-8-21(22)24/h4-5,8-9,11-18,23H,6-7,10H2,1-3H3,(H,31,34)/t16-,17-,18-,23+/m1/s1. The number of amides is 1. The molecule has 2 heterocycles. The van der Waals surface area contributed by atoms with Gasteiger partial charge < -0.3 is 9.73 Å². The number of para-hydroxylation sites is 1. The van der Waals surface area contributed by atoms with Gasteiger partial charge >= 0.3 is 0 Å². The Morgan fingerprint density at radius 2 is 1.89 bits per heavy atom. The molecule has 1 fully saturated rings. The third-order valence-electron chi connectivity index (χ3n) is 7.17. The first-order chi connectivity index (χ1) is 17.4. The molecule has 2 aromatic heterocycles. The van der Waals surface area contributed by atoms with Gasteiger partial charge in [-0.1, -0.05) is 80.4 Å². The van der Waals surface area contributed by atoms with Crippen molar-refractivity contribution in [3.05, 3.63) is 59.6 Å². The van der Waals surface area contributed by atoms with Crippen molar-refractivity contribution in [1.29, 1.82) is 0 Å². The molecule has 5 rings (SSSR count). The van der Waals surface area contributed by atoms with Gasteiger partial charge in [-0.2, -0.15) is 0 Å². The van der Waals surface area contributed by atoms with Gasteiger partial charge in [0.25, 0.3) is 5.22 Å². The highest BCUT2D eigenvalue weighted by atomic mass is 35.5. The maximum Gasteiger partial charge on any atom is 0.277 e. The fourth-order valence-corrected chi connectivity index (χ4v) is 5.60. The molecule has 0 saturated heterocycles. The lowest BCUT2D eigenvalue weighted by molar-refractivity contribution is -0.121. The van der Waals surface area contributed by atoms with E-state index in [1.165, 1.54) is 18.2 Å². The predicted molar refractivity (Wildman–Crippen MR) is 145 cm³/mol. The molecule has 0 unspecified atom stereocenters. The lowest BCUT2D eigenvalue weighted by atomic mass is 9.78. The van der Waals surface area contributed by atoms with Crippen LogP contribution >= 0.6 is 23.4 Å². The molecule has 1 N–H and O–H groups in total. The zero-order chi connectivity index (χ0) is 25.2. The molecule has 1 aliphatic rings. The van der Waals surface area contributed by atoms with Crippen LogP contribution < -0.4 is 5.32 Å². The first-order valence-electron chi connectivity index (χ1n) is 12.4. The summed E-state index contributed by atoms with van der Waals surface area (Å²) < 4.78 is 6.05. The summed E-state index contributed by atoms with van der Waals surface area (Å²) in [4.78, 5) is 17.7. The summed E-state index contributed by atoms with van der Waals surface area (Å²) in [5.41, 5.74) is 3.36. The normalized spacial score (nSPS) is 20.8. The maximum atomic E-state index is 12.9. The first-order valence-corrected chi connectivity index (χ1v) is 13.6. The Hall–Kier alpha value is -2.90. The molecule has 36 heavy (non-hydrogen) atoms. The molecule has 8 heteroatoms. The smallest absolute Gasteiger partial charge is 0.277 e. The van der Waals surface area contributed by atoms with E-state index in [9.17, 15) is 4.79 Å². The Kier molecular flexibility index (Phi) is 7.30. The zero-order valence-electron chi connectivity index (χ0n) is 20.6. The molecule has 6 nitrogen and oxygen atoms in total. The van der Waals surface area contributed by atoms with Gasteiger partial charge in [0.05, 0.1) is 22.0 Å². The van der Waals surface area contributed by atoms with Gasteiger partial charge in [0, 0.05) is 22.0 Å². The number of fused-ring (bicyclic) bond motifs is 1. The maximum absolute atomic E-state index is 12.9.